The van der Waals surface area contributed by atoms with E-state index in [0.717, 1.165) is 25.9 Å². The fourth-order valence-corrected chi connectivity index (χ4v) is 2.55. The number of nitrogens with zero attached hydrogens (tertiary/aromatic N) is 2. The van der Waals surface area contributed by atoms with Crippen molar-refractivity contribution < 1.29 is 9.59 Å². The third-order valence-electron chi connectivity index (χ3n) is 3.86. The zero-order valence-electron chi connectivity index (χ0n) is 13.1. The van der Waals surface area contributed by atoms with Gasteiger partial charge >= 0.3 is 6.03 Å². The Morgan fingerprint density at radius 3 is 2.65 bits per heavy atom. The quantitative estimate of drug-likeness (QED) is 0.768. The summed E-state index contributed by atoms with van der Waals surface area (Å²) < 4.78 is 0. The van der Waals surface area contributed by atoms with Gasteiger partial charge in [-0.15, -0.1) is 0 Å². The summed E-state index contributed by atoms with van der Waals surface area (Å²) in [5.41, 5.74) is 0.938. The molecule has 0 saturated carbocycles. The monoisotopic (exact) mass is 315 g/mol. The first-order valence-corrected chi connectivity index (χ1v) is 7.62. The topological polar surface area (TPSA) is 97.3 Å². The molecule has 1 heterocycles. The van der Waals surface area contributed by atoms with Gasteiger partial charge in [-0.2, -0.15) is 5.26 Å². The highest BCUT2D eigenvalue weighted by Gasteiger charge is 2.22. The number of anilines is 1. The van der Waals surface area contributed by atoms with Gasteiger partial charge in [-0.1, -0.05) is 12.1 Å². The number of nitriles is 1. The molecule has 3 amide bonds. The second-order valence-electron chi connectivity index (χ2n) is 5.48. The van der Waals surface area contributed by atoms with E-state index < -0.39 is 0 Å². The van der Waals surface area contributed by atoms with Crippen LogP contribution < -0.4 is 16.0 Å². The van der Waals surface area contributed by atoms with Gasteiger partial charge in [-0.3, -0.25) is 9.69 Å². The summed E-state index contributed by atoms with van der Waals surface area (Å²) in [6.07, 6.45) is 1.59. The van der Waals surface area contributed by atoms with Crippen LogP contribution in [-0.2, 0) is 4.79 Å². The zero-order valence-corrected chi connectivity index (χ0v) is 13.1. The van der Waals surface area contributed by atoms with Crippen molar-refractivity contribution >= 4 is 17.6 Å². The number of carbonyl (C=O) groups is 2. The molecule has 1 aliphatic rings. The van der Waals surface area contributed by atoms with E-state index in [1.54, 1.807) is 31.3 Å². The standard InChI is InChI=1S/C16H21N5O2/c1-18-15(22)11-21-8-6-13(7-9-21)19-16(23)20-14-5-3-2-4-12(14)10-17/h2-5,13H,6-9,11H2,1H3,(H,18,22)(H2,19,20,23). The Labute approximate surface area is 135 Å². The molecule has 3 N–H and O–H groups in total. The molecule has 0 spiro atoms. The van der Waals surface area contributed by atoms with E-state index in [1.807, 2.05) is 6.07 Å². The van der Waals surface area contributed by atoms with E-state index in [1.165, 1.54) is 0 Å². The lowest BCUT2D eigenvalue weighted by Gasteiger charge is -2.31. The Bertz CT molecular complexity index is 603. The number of nitrogens with one attached hydrogen (secondary N) is 3. The lowest BCUT2D eigenvalue weighted by molar-refractivity contribution is -0.122. The lowest BCUT2D eigenvalue weighted by atomic mass is 10.1. The molecule has 0 aliphatic carbocycles. The number of likely N-dealkylation sites (N-methyl/N-ethyl adjacent to an activating group) is 1. The summed E-state index contributed by atoms with van der Waals surface area (Å²) in [5.74, 6) is 0.00210. The molecule has 1 aliphatic heterocycles. The fourth-order valence-electron chi connectivity index (χ4n) is 2.55. The van der Waals surface area contributed by atoms with Gasteiger partial charge < -0.3 is 16.0 Å². The fraction of sp³-hybridized carbons (Fsp3) is 0.438. The second kappa shape index (κ2) is 8.15. The van der Waals surface area contributed by atoms with Crippen LogP contribution in [-0.4, -0.2) is 49.6 Å². The molecule has 1 aromatic rings. The van der Waals surface area contributed by atoms with Crippen LogP contribution in [0.15, 0.2) is 24.3 Å². The molecule has 1 aromatic carbocycles. The Morgan fingerprint density at radius 1 is 1.30 bits per heavy atom. The van der Waals surface area contributed by atoms with Crippen molar-refractivity contribution in [2.45, 2.75) is 18.9 Å². The van der Waals surface area contributed by atoms with Crippen LogP contribution in [0.5, 0.6) is 0 Å². The molecule has 2 rings (SSSR count). The number of benzene rings is 1. The number of likely N-dealkylation sites (tertiary alicyclic amines) is 1. The predicted octanol–water partition coefficient (Wildman–Crippen LogP) is 0.890. The summed E-state index contributed by atoms with van der Waals surface area (Å²) in [5, 5.41) is 17.3. The molecule has 7 heteroatoms. The number of piperidine rings is 1. The maximum atomic E-state index is 12.0. The van der Waals surface area contributed by atoms with Crippen molar-refractivity contribution in [3.05, 3.63) is 29.8 Å². The van der Waals surface area contributed by atoms with Gasteiger partial charge in [0.1, 0.15) is 6.07 Å². The van der Waals surface area contributed by atoms with Gasteiger partial charge in [0.2, 0.25) is 5.91 Å². The van der Waals surface area contributed by atoms with Gasteiger partial charge in [0.25, 0.3) is 0 Å². The van der Waals surface area contributed by atoms with E-state index in [4.69, 9.17) is 5.26 Å². The van der Waals surface area contributed by atoms with E-state index >= 15 is 0 Å². The summed E-state index contributed by atoms with van der Waals surface area (Å²) >= 11 is 0. The smallest absolute Gasteiger partial charge is 0.319 e. The molecule has 0 unspecified atom stereocenters. The summed E-state index contributed by atoms with van der Waals surface area (Å²) in [6, 6.07) is 8.70. The third-order valence-corrected chi connectivity index (χ3v) is 3.86. The number of hydrogen-bond acceptors (Lipinski definition) is 4. The molecule has 0 atom stereocenters. The first-order valence-electron chi connectivity index (χ1n) is 7.62. The normalized spacial score (nSPS) is 15.5. The Morgan fingerprint density at radius 2 is 2.00 bits per heavy atom. The van der Waals surface area contributed by atoms with Crippen molar-refractivity contribution in [2.75, 3.05) is 32.0 Å². The zero-order chi connectivity index (χ0) is 16.7. The molecule has 0 bridgehead atoms. The van der Waals surface area contributed by atoms with Crippen molar-refractivity contribution in [2.24, 2.45) is 0 Å². The number of para-hydroxylation sites is 1. The van der Waals surface area contributed by atoms with Crippen molar-refractivity contribution in [1.82, 2.24) is 15.5 Å². The lowest BCUT2D eigenvalue weighted by Crippen LogP contribution is -2.48. The molecule has 7 nitrogen and oxygen atoms in total. The molecule has 122 valence electrons. The minimum atomic E-state index is -0.308. The second-order valence-corrected chi connectivity index (χ2v) is 5.48. The van der Waals surface area contributed by atoms with Gasteiger partial charge in [-0.05, 0) is 25.0 Å². The van der Waals surface area contributed by atoms with Crippen LogP contribution in [0.25, 0.3) is 0 Å². The van der Waals surface area contributed by atoms with Crippen molar-refractivity contribution in [3.8, 4) is 6.07 Å². The SMILES string of the molecule is CNC(=O)CN1CCC(NC(=O)Nc2ccccc2C#N)CC1. The number of rotatable bonds is 4. The highest BCUT2D eigenvalue weighted by atomic mass is 16.2. The van der Waals surface area contributed by atoms with Crippen LogP contribution in [0, 0.1) is 11.3 Å². The minimum absolute atomic E-state index is 0.00210. The Hall–Kier alpha value is -2.59. The van der Waals surface area contributed by atoms with Crippen molar-refractivity contribution in [3.63, 3.8) is 0 Å². The molecule has 23 heavy (non-hydrogen) atoms. The van der Waals surface area contributed by atoms with E-state index in [0.29, 0.717) is 17.8 Å². The van der Waals surface area contributed by atoms with E-state index in [9.17, 15) is 9.59 Å². The van der Waals surface area contributed by atoms with Gasteiger partial charge in [-0.25, -0.2) is 4.79 Å². The van der Waals surface area contributed by atoms with Crippen LogP contribution in [0.2, 0.25) is 0 Å². The number of hydrogen-bond donors (Lipinski definition) is 3. The first kappa shape index (κ1) is 16.8. The highest BCUT2D eigenvalue weighted by molar-refractivity contribution is 5.90. The average molecular weight is 315 g/mol. The number of amides is 3. The van der Waals surface area contributed by atoms with E-state index in [-0.39, 0.29) is 18.0 Å². The van der Waals surface area contributed by atoms with Crippen LogP contribution >= 0.6 is 0 Å². The maximum Gasteiger partial charge on any atom is 0.319 e. The highest BCUT2D eigenvalue weighted by Crippen LogP contribution is 2.14. The molecule has 0 radical (unpaired) electrons. The largest absolute Gasteiger partial charge is 0.358 e. The molecule has 1 fully saturated rings. The predicted molar refractivity (Wildman–Crippen MR) is 86.8 cm³/mol. The third kappa shape index (κ3) is 4.97. The van der Waals surface area contributed by atoms with Crippen LogP contribution in [0.1, 0.15) is 18.4 Å². The van der Waals surface area contributed by atoms with Gasteiger partial charge in [0, 0.05) is 26.2 Å². The maximum absolute atomic E-state index is 12.0. The molecule has 0 aromatic heterocycles. The summed E-state index contributed by atoms with van der Waals surface area (Å²) in [6.45, 7) is 1.94. The van der Waals surface area contributed by atoms with Crippen LogP contribution in [0.3, 0.4) is 0 Å². The van der Waals surface area contributed by atoms with Gasteiger partial charge in [0.15, 0.2) is 0 Å². The Kier molecular flexibility index (Phi) is 5.94. The minimum Gasteiger partial charge on any atom is -0.358 e. The van der Waals surface area contributed by atoms with Crippen molar-refractivity contribution in [1.29, 1.82) is 5.26 Å². The summed E-state index contributed by atoms with van der Waals surface area (Å²) in [7, 11) is 1.63. The van der Waals surface area contributed by atoms with E-state index in [2.05, 4.69) is 20.9 Å². The number of urea groups is 1. The average Bonchev–Trinajstić information content (AvgIpc) is 2.57. The molecule has 1 saturated heterocycles. The Balaban J connectivity index is 1.79. The first-order chi connectivity index (χ1) is 11.1. The number of carbonyl (C=O) groups excluding carboxylic acids is 2. The van der Waals surface area contributed by atoms with Crippen LogP contribution in [0.4, 0.5) is 10.5 Å². The van der Waals surface area contributed by atoms with Gasteiger partial charge in [0.05, 0.1) is 17.8 Å². The molecular weight excluding hydrogens is 294 g/mol. The summed E-state index contributed by atoms with van der Waals surface area (Å²) in [4.78, 5) is 25.5. The molecular formula is C16H21N5O2.